The number of fused-ring (bicyclic) bond motifs is 1. The Morgan fingerprint density at radius 1 is 1.12 bits per heavy atom. The van der Waals surface area contributed by atoms with Crippen molar-refractivity contribution < 1.29 is 14.1 Å². The number of rotatable bonds is 4. The Morgan fingerprint density at radius 3 is 2.67 bits per heavy atom. The summed E-state index contributed by atoms with van der Waals surface area (Å²) >= 11 is 0. The molecule has 170 valence electrons. The number of hydrogen-bond acceptors (Lipinski definition) is 4. The third-order valence-electron chi connectivity index (χ3n) is 6.81. The lowest BCUT2D eigenvalue weighted by Crippen LogP contribution is -2.38. The van der Waals surface area contributed by atoms with E-state index in [0.29, 0.717) is 37.7 Å². The minimum Gasteiger partial charge on any atom is -0.360 e. The molecule has 5 rings (SSSR count). The predicted octanol–water partition coefficient (Wildman–Crippen LogP) is 3.90. The van der Waals surface area contributed by atoms with Gasteiger partial charge in [0.1, 0.15) is 5.76 Å². The van der Waals surface area contributed by atoms with Gasteiger partial charge in [-0.3, -0.25) is 9.59 Å². The van der Waals surface area contributed by atoms with E-state index in [2.05, 4.69) is 53.8 Å². The molecule has 0 spiro atoms. The molecule has 2 atom stereocenters. The molecule has 2 aliphatic rings. The number of amides is 2. The number of benzene rings is 2. The maximum atomic E-state index is 13.4. The first-order valence-electron chi connectivity index (χ1n) is 11.8. The number of aryl methyl sites for hydroxylation is 1. The number of nitrogens with zero attached hydrogens (tertiary/aromatic N) is 2. The summed E-state index contributed by atoms with van der Waals surface area (Å²) in [6, 6.07) is 18.5. The van der Waals surface area contributed by atoms with Crippen LogP contribution >= 0.6 is 0 Å². The van der Waals surface area contributed by atoms with Crippen LogP contribution in [0, 0.1) is 11.8 Å². The van der Waals surface area contributed by atoms with Crippen molar-refractivity contribution in [3.05, 3.63) is 77.2 Å². The van der Waals surface area contributed by atoms with Crippen LogP contribution in [-0.2, 0) is 24.1 Å². The standard InChI is InChI=1S/C27H29N3O3/c1-18-7-12-24-23(15-18)25(29-33-24)27(32)30-14-13-28-26(31)22(17-30)16-19-8-10-21(11-9-19)20-5-3-2-4-6-20/h2-6,8-11,18,22H,7,12-17H2,1H3,(H,28,31). The van der Waals surface area contributed by atoms with Gasteiger partial charge in [-0.25, -0.2) is 0 Å². The van der Waals surface area contributed by atoms with E-state index in [1.807, 2.05) is 18.2 Å². The third-order valence-corrected chi connectivity index (χ3v) is 6.81. The fraction of sp³-hybridized carbons (Fsp3) is 0.370. The molecule has 6 heteroatoms. The summed E-state index contributed by atoms with van der Waals surface area (Å²) in [5.74, 6) is 0.918. The molecule has 0 bridgehead atoms. The van der Waals surface area contributed by atoms with E-state index >= 15 is 0 Å². The van der Waals surface area contributed by atoms with E-state index in [9.17, 15) is 9.59 Å². The maximum absolute atomic E-state index is 13.4. The highest BCUT2D eigenvalue weighted by Crippen LogP contribution is 2.29. The summed E-state index contributed by atoms with van der Waals surface area (Å²) in [7, 11) is 0. The van der Waals surface area contributed by atoms with Gasteiger partial charge in [0.05, 0.1) is 5.92 Å². The average molecular weight is 444 g/mol. The molecule has 1 N–H and O–H groups in total. The van der Waals surface area contributed by atoms with Gasteiger partial charge in [0.2, 0.25) is 5.91 Å². The Bertz CT molecular complexity index is 1140. The first-order valence-corrected chi connectivity index (χ1v) is 11.8. The summed E-state index contributed by atoms with van der Waals surface area (Å²) < 4.78 is 5.49. The zero-order chi connectivity index (χ0) is 22.8. The maximum Gasteiger partial charge on any atom is 0.276 e. The van der Waals surface area contributed by atoms with E-state index in [0.717, 1.165) is 41.7 Å². The largest absolute Gasteiger partial charge is 0.360 e. The zero-order valence-corrected chi connectivity index (χ0v) is 18.9. The smallest absolute Gasteiger partial charge is 0.276 e. The van der Waals surface area contributed by atoms with Crippen LogP contribution in [0.2, 0.25) is 0 Å². The molecule has 1 aliphatic heterocycles. The predicted molar refractivity (Wildman–Crippen MR) is 126 cm³/mol. The fourth-order valence-corrected chi connectivity index (χ4v) is 4.88. The molecule has 2 unspecified atom stereocenters. The first-order chi connectivity index (χ1) is 16.1. The Balaban J connectivity index is 1.31. The van der Waals surface area contributed by atoms with Gasteiger partial charge in [0.15, 0.2) is 5.69 Å². The monoisotopic (exact) mass is 443 g/mol. The van der Waals surface area contributed by atoms with Crippen molar-refractivity contribution >= 4 is 11.8 Å². The first kappa shape index (κ1) is 21.4. The topological polar surface area (TPSA) is 75.4 Å². The second-order valence-corrected chi connectivity index (χ2v) is 9.29. The summed E-state index contributed by atoms with van der Waals surface area (Å²) in [5, 5.41) is 7.11. The van der Waals surface area contributed by atoms with Crippen LogP contribution in [-0.4, -0.2) is 41.5 Å². The van der Waals surface area contributed by atoms with E-state index in [4.69, 9.17) is 4.52 Å². The van der Waals surface area contributed by atoms with Crippen LogP contribution in [0.4, 0.5) is 0 Å². The Kier molecular flexibility index (Phi) is 5.99. The summed E-state index contributed by atoms with van der Waals surface area (Å²) in [6.45, 7) is 3.50. The van der Waals surface area contributed by atoms with Gasteiger partial charge >= 0.3 is 0 Å². The van der Waals surface area contributed by atoms with Gasteiger partial charge in [-0.1, -0.05) is 66.7 Å². The van der Waals surface area contributed by atoms with Crippen LogP contribution in [0.3, 0.4) is 0 Å². The lowest BCUT2D eigenvalue weighted by Gasteiger charge is -2.23. The SMILES string of the molecule is CC1CCc2onc(C(=O)N3CCNC(=O)C(Cc4ccc(-c5ccccc5)cc4)C3)c2C1. The number of hydrogen-bond donors (Lipinski definition) is 1. The Morgan fingerprint density at radius 2 is 1.88 bits per heavy atom. The zero-order valence-electron chi connectivity index (χ0n) is 18.9. The summed E-state index contributed by atoms with van der Waals surface area (Å²) in [4.78, 5) is 27.9. The molecule has 3 aromatic rings. The number of aromatic nitrogens is 1. The molecular weight excluding hydrogens is 414 g/mol. The number of carbonyl (C=O) groups is 2. The van der Waals surface area contributed by atoms with E-state index in [1.54, 1.807) is 4.90 Å². The highest BCUT2D eigenvalue weighted by atomic mass is 16.5. The van der Waals surface area contributed by atoms with Crippen LogP contribution in [0.5, 0.6) is 0 Å². The van der Waals surface area contributed by atoms with Crippen molar-refractivity contribution in [2.75, 3.05) is 19.6 Å². The van der Waals surface area contributed by atoms with Gasteiger partial charge < -0.3 is 14.7 Å². The molecule has 1 aromatic heterocycles. The Hall–Kier alpha value is -3.41. The Labute approximate surface area is 194 Å². The lowest BCUT2D eigenvalue weighted by atomic mass is 9.88. The molecule has 2 aromatic carbocycles. The molecule has 1 saturated heterocycles. The van der Waals surface area contributed by atoms with Crippen LogP contribution in [0.1, 0.15) is 40.7 Å². The van der Waals surface area contributed by atoms with Gasteiger partial charge in [0, 0.05) is 31.6 Å². The normalized spacial score (nSPS) is 20.6. The second kappa shape index (κ2) is 9.22. The minimum absolute atomic E-state index is 0.00626. The average Bonchev–Trinajstić information content (AvgIpc) is 3.17. The molecule has 33 heavy (non-hydrogen) atoms. The molecule has 0 radical (unpaired) electrons. The quantitative estimate of drug-likeness (QED) is 0.664. The van der Waals surface area contributed by atoms with Gasteiger partial charge in [0.25, 0.3) is 5.91 Å². The van der Waals surface area contributed by atoms with Gasteiger partial charge in [-0.2, -0.15) is 0 Å². The van der Waals surface area contributed by atoms with E-state index in [-0.39, 0.29) is 17.7 Å². The molecule has 2 heterocycles. The van der Waals surface area contributed by atoms with Crippen molar-refractivity contribution in [3.8, 4) is 11.1 Å². The van der Waals surface area contributed by atoms with Gasteiger partial charge in [-0.15, -0.1) is 0 Å². The third kappa shape index (κ3) is 4.56. The van der Waals surface area contributed by atoms with Crippen LogP contribution in [0.15, 0.2) is 59.1 Å². The van der Waals surface area contributed by atoms with Crippen molar-refractivity contribution in [1.82, 2.24) is 15.4 Å². The van der Waals surface area contributed by atoms with Crippen LogP contribution < -0.4 is 5.32 Å². The number of carbonyl (C=O) groups excluding carboxylic acids is 2. The lowest BCUT2D eigenvalue weighted by molar-refractivity contribution is -0.124. The molecule has 2 amide bonds. The van der Waals surface area contributed by atoms with Crippen molar-refractivity contribution in [3.63, 3.8) is 0 Å². The highest BCUT2D eigenvalue weighted by molar-refractivity contribution is 5.94. The van der Waals surface area contributed by atoms with E-state index in [1.165, 1.54) is 5.56 Å². The van der Waals surface area contributed by atoms with Crippen molar-refractivity contribution in [2.24, 2.45) is 11.8 Å². The number of nitrogens with one attached hydrogen (secondary N) is 1. The molecular formula is C27H29N3O3. The second-order valence-electron chi connectivity index (χ2n) is 9.29. The molecule has 1 aliphatic carbocycles. The van der Waals surface area contributed by atoms with Crippen LogP contribution in [0.25, 0.3) is 11.1 Å². The summed E-state index contributed by atoms with van der Waals surface area (Å²) in [5.41, 5.74) is 4.77. The highest BCUT2D eigenvalue weighted by Gasteiger charge is 2.33. The molecule has 6 nitrogen and oxygen atoms in total. The van der Waals surface area contributed by atoms with E-state index < -0.39 is 0 Å². The minimum atomic E-state index is -0.305. The van der Waals surface area contributed by atoms with Crippen molar-refractivity contribution in [1.29, 1.82) is 0 Å². The molecule has 1 fully saturated rings. The van der Waals surface area contributed by atoms with Crippen molar-refractivity contribution in [2.45, 2.75) is 32.6 Å². The summed E-state index contributed by atoms with van der Waals surface area (Å²) in [6.07, 6.45) is 3.29. The van der Waals surface area contributed by atoms with Gasteiger partial charge in [-0.05, 0) is 41.9 Å². The molecule has 0 saturated carbocycles. The fourth-order valence-electron chi connectivity index (χ4n) is 4.88.